The van der Waals surface area contributed by atoms with E-state index in [0.717, 1.165) is 17.7 Å². The molecule has 1 heterocycles. The third-order valence-corrected chi connectivity index (χ3v) is 2.90. The normalized spacial score (nSPS) is 13.0. The van der Waals surface area contributed by atoms with Crippen molar-refractivity contribution in [3.05, 3.63) is 23.8 Å². The molecule has 0 saturated heterocycles. The quantitative estimate of drug-likeness (QED) is 0.786. The van der Waals surface area contributed by atoms with Crippen LogP contribution in [0.2, 0.25) is 0 Å². The highest BCUT2D eigenvalue weighted by atomic mass is 35.5. The topological polar surface area (TPSA) is 84.2 Å². The van der Waals surface area contributed by atoms with Crippen molar-refractivity contribution in [2.75, 3.05) is 17.2 Å². The minimum absolute atomic E-state index is 0. The molecule has 104 valence electrons. The number of amides is 2. The van der Waals surface area contributed by atoms with Crippen molar-refractivity contribution in [2.24, 2.45) is 5.73 Å². The first-order valence-corrected chi connectivity index (χ1v) is 6.12. The van der Waals surface area contributed by atoms with Crippen LogP contribution in [0.5, 0.6) is 0 Å². The summed E-state index contributed by atoms with van der Waals surface area (Å²) in [7, 11) is 0. The van der Waals surface area contributed by atoms with Gasteiger partial charge in [0, 0.05) is 24.2 Å². The van der Waals surface area contributed by atoms with Gasteiger partial charge in [-0.05, 0) is 37.1 Å². The van der Waals surface area contributed by atoms with Crippen LogP contribution in [0, 0.1) is 0 Å². The molecule has 0 fully saturated rings. The van der Waals surface area contributed by atoms with Crippen LogP contribution in [0.3, 0.4) is 0 Å². The van der Waals surface area contributed by atoms with Gasteiger partial charge < -0.3 is 16.4 Å². The summed E-state index contributed by atoms with van der Waals surface area (Å²) in [5.41, 5.74) is 7.96. The van der Waals surface area contributed by atoms with Gasteiger partial charge in [0.05, 0.1) is 0 Å². The van der Waals surface area contributed by atoms with Gasteiger partial charge in [-0.25, -0.2) is 0 Å². The first-order valence-electron chi connectivity index (χ1n) is 6.12. The molecule has 0 bridgehead atoms. The molecule has 4 N–H and O–H groups in total. The van der Waals surface area contributed by atoms with Gasteiger partial charge in [0.1, 0.15) is 0 Å². The second kappa shape index (κ2) is 7.11. The first-order chi connectivity index (χ1) is 8.69. The van der Waals surface area contributed by atoms with Crippen LogP contribution in [0.15, 0.2) is 18.2 Å². The smallest absolute Gasteiger partial charge is 0.224 e. The molecule has 0 radical (unpaired) electrons. The lowest BCUT2D eigenvalue weighted by Crippen LogP contribution is -2.19. The van der Waals surface area contributed by atoms with Gasteiger partial charge in [-0.3, -0.25) is 9.59 Å². The minimum atomic E-state index is -0.0532. The van der Waals surface area contributed by atoms with Gasteiger partial charge in [0.15, 0.2) is 0 Å². The van der Waals surface area contributed by atoms with Crippen LogP contribution < -0.4 is 16.4 Å². The number of aryl methyl sites for hydroxylation is 1. The molecule has 0 spiro atoms. The van der Waals surface area contributed by atoms with E-state index in [2.05, 4.69) is 10.6 Å². The van der Waals surface area contributed by atoms with Crippen molar-refractivity contribution in [2.45, 2.75) is 25.7 Å². The molecule has 1 aliphatic rings. The zero-order valence-corrected chi connectivity index (χ0v) is 11.4. The Hall–Kier alpha value is -1.59. The molecule has 1 aromatic carbocycles. The fourth-order valence-electron chi connectivity index (χ4n) is 1.94. The fraction of sp³-hybridized carbons (Fsp3) is 0.385. The highest BCUT2D eigenvalue weighted by Crippen LogP contribution is 2.25. The van der Waals surface area contributed by atoms with E-state index in [9.17, 15) is 9.59 Å². The molecule has 2 rings (SSSR count). The summed E-state index contributed by atoms with van der Waals surface area (Å²) in [5.74, 6) is -0.0309. The van der Waals surface area contributed by atoms with Gasteiger partial charge in [-0.15, -0.1) is 12.4 Å². The number of carbonyl (C=O) groups excluding carboxylic acids is 2. The standard InChI is InChI=1S/C13H17N3O2.ClH/c14-7-1-2-12(17)15-10-5-3-9-4-6-13(18)16-11(9)8-10;/h3,5,8H,1-2,4,6-7,14H2,(H,15,17)(H,16,18);1H. The zero-order chi connectivity index (χ0) is 13.0. The molecule has 6 heteroatoms. The van der Waals surface area contributed by atoms with Crippen LogP contribution >= 0.6 is 12.4 Å². The third kappa shape index (κ3) is 4.22. The molecular formula is C13H18ClN3O2. The van der Waals surface area contributed by atoms with E-state index >= 15 is 0 Å². The lowest BCUT2D eigenvalue weighted by Gasteiger charge is -2.17. The monoisotopic (exact) mass is 283 g/mol. The largest absolute Gasteiger partial charge is 0.330 e. The maximum absolute atomic E-state index is 11.5. The summed E-state index contributed by atoms with van der Waals surface area (Å²) in [6.07, 6.45) is 2.37. The number of fused-ring (bicyclic) bond motifs is 1. The van der Waals surface area contributed by atoms with Gasteiger partial charge in [0.2, 0.25) is 11.8 Å². The molecule has 2 amide bonds. The number of nitrogens with one attached hydrogen (secondary N) is 2. The molecule has 0 aromatic heterocycles. The van der Waals surface area contributed by atoms with E-state index in [0.29, 0.717) is 31.5 Å². The highest BCUT2D eigenvalue weighted by molar-refractivity contribution is 5.96. The Labute approximate surface area is 118 Å². The molecule has 0 saturated carbocycles. The molecular weight excluding hydrogens is 266 g/mol. The van der Waals surface area contributed by atoms with Crippen molar-refractivity contribution in [1.29, 1.82) is 0 Å². The second-order valence-electron chi connectivity index (χ2n) is 4.36. The van der Waals surface area contributed by atoms with Crippen molar-refractivity contribution in [1.82, 2.24) is 0 Å². The first kappa shape index (κ1) is 15.5. The number of benzene rings is 1. The third-order valence-electron chi connectivity index (χ3n) is 2.90. The van der Waals surface area contributed by atoms with Gasteiger partial charge >= 0.3 is 0 Å². The molecule has 0 unspecified atom stereocenters. The Balaban J connectivity index is 0.00000180. The Kier molecular flexibility index (Phi) is 5.79. The van der Waals surface area contributed by atoms with E-state index < -0.39 is 0 Å². The number of halogens is 1. The summed E-state index contributed by atoms with van der Waals surface area (Å²) in [6.45, 7) is 0.508. The van der Waals surface area contributed by atoms with Gasteiger partial charge in [-0.1, -0.05) is 6.07 Å². The van der Waals surface area contributed by atoms with Gasteiger partial charge in [0.25, 0.3) is 0 Å². The molecule has 1 aromatic rings. The summed E-state index contributed by atoms with van der Waals surface area (Å²) >= 11 is 0. The Morgan fingerprint density at radius 2 is 2.16 bits per heavy atom. The highest BCUT2D eigenvalue weighted by Gasteiger charge is 2.15. The Morgan fingerprint density at radius 1 is 1.37 bits per heavy atom. The summed E-state index contributed by atoms with van der Waals surface area (Å²) in [6, 6.07) is 5.59. The van der Waals surface area contributed by atoms with Crippen LogP contribution in [0.4, 0.5) is 11.4 Å². The maximum atomic E-state index is 11.5. The van der Waals surface area contributed by atoms with Crippen LogP contribution in [0.25, 0.3) is 0 Å². The van der Waals surface area contributed by atoms with Crippen molar-refractivity contribution >= 4 is 35.6 Å². The SMILES string of the molecule is Cl.NCCCC(=O)Nc1ccc2c(c1)NC(=O)CC2. The summed E-state index contributed by atoms with van der Waals surface area (Å²) < 4.78 is 0. The zero-order valence-electron chi connectivity index (χ0n) is 10.6. The second-order valence-corrected chi connectivity index (χ2v) is 4.36. The number of anilines is 2. The number of hydrogen-bond acceptors (Lipinski definition) is 3. The average molecular weight is 284 g/mol. The van der Waals surface area contributed by atoms with E-state index in [1.54, 1.807) is 6.07 Å². The lowest BCUT2D eigenvalue weighted by atomic mass is 10.0. The summed E-state index contributed by atoms with van der Waals surface area (Å²) in [4.78, 5) is 22.8. The Bertz CT molecular complexity index is 477. The number of rotatable bonds is 4. The predicted molar refractivity (Wildman–Crippen MR) is 77.6 cm³/mol. The van der Waals surface area contributed by atoms with Crippen molar-refractivity contribution in [3.8, 4) is 0 Å². The number of nitrogens with two attached hydrogens (primary N) is 1. The summed E-state index contributed by atoms with van der Waals surface area (Å²) in [5, 5.41) is 5.60. The van der Waals surface area contributed by atoms with Gasteiger partial charge in [-0.2, -0.15) is 0 Å². The molecule has 0 aliphatic carbocycles. The van der Waals surface area contributed by atoms with Crippen LogP contribution in [-0.2, 0) is 16.0 Å². The average Bonchev–Trinajstić information content (AvgIpc) is 2.36. The number of carbonyl (C=O) groups is 2. The van der Waals surface area contributed by atoms with E-state index in [-0.39, 0.29) is 24.2 Å². The van der Waals surface area contributed by atoms with Crippen molar-refractivity contribution in [3.63, 3.8) is 0 Å². The Morgan fingerprint density at radius 3 is 2.89 bits per heavy atom. The molecule has 0 atom stereocenters. The van der Waals surface area contributed by atoms with Crippen molar-refractivity contribution < 1.29 is 9.59 Å². The molecule has 1 aliphatic heterocycles. The van der Waals surface area contributed by atoms with E-state index in [4.69, 9.17) is 5.73 Å². The molecule has 5 nitrogen and oxygen atoms in total. The van der Waals surface area contributed by atoms with E-state index in [1.165, 1.54) is 0 Å². The predicted octanol–water partition coefficient (Wildman–Crippen LogP) is 1.67. The van der Waals surface area contributed by atoms with Crippen LogP contribution in [0.1, 0.15) is 24.8 Å². The van der Waals surface area contributed by atoms with E-state index in [1.807, 2.05) is 12.1 Å². The van der Waals surface area contributed by atoms with Crippen LogP contribution in [-0.4, -0.2) is 18.4 Å². The maximum Gasteiger partial charge on any atom is 0.224 e. The minimum Gasteiger partial charge on any atom is -0.330 e. The molecule has 19 heavy (non-hydrogen) atoms. The lowest BCUT2D eigenvalue weighted by molar-refractivity contribution is -0.117. The fourth-order valence-corrected chi connectivity index (χ4v) is 1.94. The number of hydrogen-bond donors (Lipinski definition) is 3.